The van der Waals surface area contributed by atoms with Gasteiger partial charge in [0.2, 0.25) is 0 Å². The van der Waals surface area contributed by atoms with Crippen molar-refractivity contribution in [3.05, 3.63) is 0 Å². The van der Waals surface area contributed by atoms with E-state index >= 15 is 0 Å². The minimum absolute atomic E-state index is 0.101. The molecule has 0 aromatic heterocycles. The number of amides is 3. The average molecular weight is 254 g/mol. The zero-order chi connectivity index (χ0) is 13.4. The first kappa shape index (κ1) is 13.3. The van der Waals surface area contributed by atoms with Crippen LogP contribution in [0.3, 0.4) is 0 Å². The predicted octanol–water partition coefficient (Wildman–Crippen LogP) is 1.40. The van der Waals surface area contributed by atoms with Gasteiger partial charge >= 0.3 is 6.03 Å². The van der Waals surface area contributed by atoms with E-state index in [2.05, 4.69) is 5.32 Å². The minimum atomic E-state index is -0.858. The number of hydrogen-bond donors (Lipinski definition) is 2. The maximum Gasteiger partial charge on any atom is 0.325 e. The zero-order valence-electron chi connectivity index (χ0n) is 11.2. The molecule has 18 heavy (non-hydrogen) atoms. The van der Waals surface area contributed by atoms with Crippen molar-refractivity contribution in [3.63, 3.8) is 0 Å². The van der Waals surface area contributed by atoms with E-state index in [0.717, 1.165) is 32.1 Å². The van der Waals surface area contributed by atoms with Gasteiger partial charge in [-0.2, -0.15) is 0 Å². The summed E-state index contributed by atoms with van der Waals surface area (Å²) >= 11 is 0. The molecular weight excluding hydrogens is 232 g/mol. The molecule has 2 aliphatic rings. The average Bonchev–Trinajstić information content (AvgIpc) is 2.49. The largest absolute Gasteiger partial charge is 0.390 e. The highest BCUT2D eigenvalue weighted by Gasteiger charge is 2.51. The van der Waals surface area contributed by atoms with Gasteiger partial charge in [-0.05, 0) is 33.1 Å². The van der Waals surface area contributed by atoms with Gasteiger partial charge in [0.1, 0.15) is 5.54 Å². The van der Waals surface area contributed by atoms with Crippen LogP contribution < -0.4 is 5.32 Å². The Morgan fingerprint density at radius 1 is 1.28 bits per heavy atom. The van der Waals surface area contributed by atoms with Crippen molar-refractivity contribution in [3.8, 4) is 0 Å². The van der Waals surface area contributed by atoms with Crippen LogP contribution in [0, 0.1) is 0 Å². The molecule has 0 unspecified atom stereocenters. The second-order valence-corrected chi connectivity index (χ2v) is 6.09. The predicted molar refractivity (Wildman–Crippen MR) is 67.0 cm³/mol. The lowest BCUT2D eigenvalue weighted by Crippen LogP contribution is -2.48. The molecule has 1 aliphatic carbocycles. The molecule has 102 valence electrons. The lowest BCUT2D eigenvalue weighted by Gasteiger charge is -2.30. The van der Waals surface area contributed by atoms with E-state index in [-0.39, 0.29) is 18.5 Å². The molecule has 0 aromatic rings. The smallest absolute Gasteiger partial charge is 0.325 e. The Hall–Kier alpha value is -1.10. The third-order valence-corrected chi connectivity index (χ3v) is 3.90. The van der Waals surface area contributed by atoms with Gasteiger partial charge in [-0.25, -0.2) is 4.79 Å². The molecule has 2 N–H and O–H groups in total. The molecule has 5 heteroatoms. The van der Waals surface area contributed by atoms with Crippen LogP contribution in [-0.4, -0.2) is 39.6 Å². The van der Waals surface area contributed by atoms with E-state index in [0.29, 0.717) is 6.42 Å². The Morgan fingerprint density at radius 2 is 1.89 bits per heavy atom. The molecule has 0 atom stereocenters. The first-order valence-corrected chi connectivity index (χ1v) is 6.71. The number of nitrogens with zero attached hydrogens (tertiary/aromatic N) is 1. The molecule has 0 bridgehead atoms. The summed E-state index contributed by atoms with van der Waals surface area (Å²) in [6, 6.07) is -0.300. The summed E-state index contributed by atoms with van der Waals surface area (Å²) in [6.07, 6.45) is 5.01. The number of imide groups is 1. The third kappa shape index (κ3) is 2.51. The highest BCUT2D eigenvalue weighted by atomic mass is 16.3. The molecule has 1 saturated carbocycles. The molecule has 0 aromatic carbocycles. The number of carbonyl (C=O) groups is 2. The minimum Gasteiger partial charge on any atom is -0.390 e. The standard InChI is InChI=1S/C13H22N2O3/c1-12(2,18)8-9-15-10(16)13(14-11(15)17)6-4-3-5-7-13/h18H,3-9H2,1-2H3,(H,14,17). The van der Waals surface area contributed by atoms with Crippen molar-refractivity contribution in [1.82, 2.24) is 10.2 Å². The van der Waals surface area contributed by atoms with Crippen molar-refractivity contribution in [2.75, 3.05) is 6.54 Å². The molecule has 5 nitrogen and oxygen atoms in total. The van der Waals surface area contributed by atoms with Gasteiger partial charge in [0, 0.05) is 6.54 Å². The Balaban J connectivity index is 2.05. The lowest BCUT2D eigenvalue weighted by molar-refractivity contribution is -0.132. The van der Waals surface area contributed by atoms with Crippen molar-refractivity contribution >= 4 is 11.9 Å². The fourth-order valence-electron chi connectivity index (χ4n) is 2.76. The highest BCUT2D eigenvalue weighted by Crippen LogP contribution is 2.33. The lowest BCUT2D eigenvalue weighted by atomic mass is 9.82. The molecule has 2 fully saturated rings. The quantitative estimate of drug-likeness (QED) is 0.748. The van der Waals surface area contributed by atoms with Crippen LogP contribution in [0.5, 0.6) is 0 Å². The van der Waals surface area contributed by atoms with Gasteiger partial charge in [-0.1, -0.05) is 19.3 Å². The van der Waals surface area contributed by atoms with E-state index in [1.807, 2.05) is 0 Å². The number of urea groups is 1. The second kappa shape index (κ2) is 4.53. The van der Waals surface area contributed by atoms with Gasteiger partial charge in [0.15, 0.2) is 0 Å². The molecular formula is C13H22N2O3. The third-order valence-electron chi connectivity index (χ3n) is 3.90. The maximum atomic E-state index is 12.4. The van der Waals surface area contributed by atoms with Gasteiger partial charge in [0.25, 0.3) is 5.91 Å². The zero-order valence-corrected chi connectivity index (χ0v) is 11.2. The van der Waals surface area contributed by atoms with E-state index in [1.165, 1.54) is 4.90 Å². The molecule has 0 radical (unpaired) electrons. The van der Waals surface area contributed by atoms with Gasteiger partial charge in [-0.15, -0.1) is 0 Å². The molecule has 1 aliphatic heterocycles. The molecule has 1 saturated heterocycles. The van der Waals surface area contributed by atoms with E-state index in [9.17, 15) is 14.7 Å². The maximum absolute atomic E-state index is 12.4. The Morgan fingerprint density at radius 3 is 2.44 bits per heavy atom. The SMILES string of the molecule is CC(C)(O)CCN1C(=O)NC2(CCCCC2)C1=O. The highest BCUT2D eigenvalue weighted by molar-refractivity contribution is 6.07. The number of aliphatic hydroxyl groups is 1. The monoisotopic (exact) mass is 254 g/mol. The van der Waals surface area contributed by atoms with Crippen LogP contribution in [0.15, 0.2) is 0 Å². The van der Waals surface area contributed by atoms with Gasteiger partial charge < -0.3 is 10.4 Å². The number of rotatable bonds is 3. The number of carbonyl (C=O) groups excluding carboxylic acids is 2. The Labute approximate surface area is 108 Å². The molecule has 2 rings (SSSR count). The van der Waals surface area contributed by atoms with Crippen LogP contribution in [0.25, 0.3) is 0 Å². The normalized spacial score (nSPS) is 23.6. The summed E-state index contributed by atoms with van der Waals surface area (Å²) in [6.45, 7) is 3.65. The first-order valence-electron chi connectivity index (χ1n) is 6.71. The van der Waals surface area contributed by atoms with Crippen molar-refractivity contribution in [2.24, 2.45) is 0 Å². The first-order chi connectivity index (χ1) is 8.34. The Bertz CT molecular complexity index is 354. The fraction of sp³-hybridized carbons (Fsp3) is 0.846. The summed E-state index contributed by atoms with van der Waals surface area (Å²) in [4.78, 5) is 25.5. The second-order valence-electron chi connectivity index (χ2n) is 6.09. The topological polar surface area (TPSA) is 69.6 Å². The number of nitrogens with one attached hydrogen (secondary N) is 1. The molecule has 1 spiro atoms. The summed E-state index contributed by atoms with van der Waals surface area (Å²) in [7, 11) is 0. The van der Waals surface area contributed by atoms with Gasteiger partial charge in [0.05, 0.1) is 5.60 Å². The number of hydrogen-bond acceptors (Lipinski definition) is 3. The van der Waals surface area contributed by atoms with Crippen molar-refractivity contribution in [1.29, 1.82) is 0 Å². The van der Waals surface area contributed by atoms with Crippen LogP contribution in [0.1, 0.15) is 52.4 Å². The van der Waals surface area contributed by atoms with E-state index < -0.39 is 11.1 Å². The summed E-state index contributed by atoms with van der Waals surface area (Å²) < 4.78 is 0. The van der Waals surface area contributed by atoms with Crippen LogP contribution in [0.4, 0.5) is 4.79 Å². The van der Waals surface area contributed by atoms with Crippen LogP contribution >= 0.6 is 0 Å². The molecule has 3 amide bonds. The van der Waals surface area contributed by atoms with Crippen molar-refractivity contribution < 1.29 is 14.7 Å². The summed E-state index contributed by atoms with van der Waals surface area (Å²) in [5.74, 6) is -0.101. The fourth-order valence-corrected chi connectivity index (χ4v) is 2.76. The summed E-state index contributed by atoms with van der Waals surface area (Å²) in [5.41, 5.74) is -1.50. The summed E-state index contributed by atoms with van der Waals surface area (Å²) in [5, 5.41) is 12.5. The Kier molecular flexibility index (Phi) is 3.36. The van der Waals surface area contributed by atoms with E-state index in [1.54, 1.807) is 13.8 Å². The van der Waals surface area contributed by atoms with Crippen LogP contribution in [-0.2, 0) is 4.79 Å². The van der Waals surface area contributed by atoms with E-state index in [4.69, 9.17) is 0 Å². The van der Waals surface area contributed by atoms with Gasteiger partial charge in [-0.3, -0.25) is 9.69 Å². The molecule has 1 heterocycles. The van der Waals surface area contributed by atoms with Crippen LogP contribution in [0.2, 0.25) is 0 Å². The van der Waals surface area contributed by atoms with Crippen molar-refractivity contribution in [2.45, 2.75) is 63.5 Å².